The van der Waals surface area contributed by atoms with Crippen LogP contribution in [0.4, 0.5) is 4.79 Å². The van der Waals surface area contributed by atoms with Crippen LogP contribution in [0, 0.1) is 0 Å². The minimum absolute atomic E-state index is 0.0342. The molecule has 4 aromatic carbocycles. The number of ketones is 1. The van der Waals surface area contributed by atoms with E-state index in [-0.39, 0.29) is 24.5 Å². The van der Waals surface area contributed by atoms with E-state index in [9.17, 15) is 29.7 Å². The SMILES string of the molecule is O=C(O)CC[C@H](NC(=O)OCC1c2ccccc2-c2ccccc21)C(=O)C(O)(O)c1ccc(OCc2ccccc2)cc1. The highest BCUT2D eigenvalue weighted by Gasteiger charge is 2.41. The summed E-state index contributed by atoms with van der Waals surface area (Å²) in [5.74, 6) is -5.22. The second-order valence-electron chi connectivity index (χ2n) is 10.3. The lowest BCUT2D eigenvalue weighted by atomic mass is 9.94. The number of fused-ring (bicyclic) bond motifs is 3. The number of ether oxygens (including phenoxy) is 2. The van der Waals surface area contributed by atoms with Gasteiger partial charge in [0, 0.05) is 17.9 Å². The summed E-state index contributed by atoms with van der Waals surface area (Å²) in [6.07, 6.45) is -1.85. The van der Waals surface area contributed by atoms with Crippen LogP contribution in [0.3, 0.4) is 0 Å². The van der Waals surface area contributed by atoms with Gasteiger partial charge in [-0.2, -0.15) is 0 Å². The molecule has 0 heterocycles. The highest BCUT2D eigenvalue weighted by Crippen LogP contribution is 2.44. The number of aliphatic carboxylic acids is 1. The molecule has 0 bridgehead atoms. The van der Waals surface area contributed by atoms with Gasteiger partial charge in [-0.3, -0.25) is 9.59 Å². The average Bonchev–Trinajstić information content (AvgIpc) is 3.35. The van der Waals surface area contributed by atoms with Gasteiger partial charge in [0.1, 0.15) is 19.0 Å². The first-order valence-electron chi connectivity index (χ1n) is 13.8. The van der Waals surface area contributed by atoms with E-state index in [1.54, 1.807) is 0 Å². The molecular formula is C34H31NO8. The fraction of sp³-hybridized carbons (Fsp3) is 0.206. The van der Waals surface area contributed by atoms with Crippen LogP contribution < -0.4 is 10.1 Å². The highest BCUT2D eigenvalue weighted by molar-refractivity contribution is 5.93. The molecule has 43 heavy (non-hydrogen) atoms. The summed E-state index contributed by atoms with van der Waals surface area (Å²) in [7, 11) is 0. The molecule has 0 fully saturated rings. The predicted molar refractivity (Wildman–Crippen MR) is 157 cm³/mol. The quantitative estimate of drug-likeness (QED) is 0.176. The van der Waals surface area contributed by atoms with Gasteiger partial charge in [0.2, 0.25) is 5.78 Å². The molecule has 4 N–H and O–H groups in total. The van der Waals surface area contributed by atoms with Crippen LogP contribution in [0.25, 0.3) is 11.1 Å². The summed E-state index contributed by atoms with van der Waals surface area (Å²) < 4.78 is 11.2. The lowest BCUT2D eigenvalue weighted by Gasteiger charge is -2.26. The lowest BCUT2D eigenvalue weighted by Crippen LogP contribution is -2.51. The number of carbonyl (C=O) groups is 3. The third kappa shape index (κ3) is 6.74. The molecule has 9 nitrogen and oxygen atoms in total. The number of aliphatic hydroxyl groups is 2. The van der Waals surface area contributed by atoms with Gasteiger partial charge in [0.05, 0.1) is 6.04 Å². The molecule has 0 aromatic heterocycles. The van der Waals surface area contributed by atoms with E-state index in [0.29, 0.717) is 12.4 Å². The number of hydrogen-bond acceptors (Lipinski definition) is 7. The lowest BCUT2D eigenvalue weighted by molar-refractivity contribution is -0.189. The Hall–Kier alpha value is -4.99. The Kier molecular flexibility index (Phi) is 8.85. The summed E-state index contributed by atoms with van der Waals surface area (Å²) in [4.78, 5) is 37.4. The second kappa shape index (κ2) is 12.9. The van der Waals surface area contributed by atoms with E-state index in [1.165, 1.54) is 24.3 Å². The maximum atomic E-state index is 13.3. The Balaban J connectivity index is 1.25. The molecule has 0 unspecified atom stereocenters. The number of Topliss-reactive ketones (excluding diaryl/α,β-unsaturated/α-hetero) is 1. The molecule has 0 saturated heterocycles. The molecular weight excluding hydrogens is 550 g/mol. The van der Waals surface area contributed by atoms with Crippen LogP contribution >= 0.6 is 0 Å². The van der Waals surface area contributed by atoms with Crippen LogP contribution in [0.2, 0.25) is 0 Å². The number of nitrogens with one attached hydrogen (secondary N) is 1. The van der Waals surface area contributed by atoms with Gasteiger partial charge in [-0.15, -0.1) is 0 Å². The van der Waals surface area contributed by atoms with Crippen molar-refractivity contribution in [3.8, 4) is 16.9 Å². The van der Waals surface area contributed by atoms with E-state index in [2.05, 4.69) is 5.32 Å². The number of carbonyl (C=O) groups excluding carboxylic acids is 2. The Morgan fingerprint density at radius 1 is 0.791 bits per heavy atom. The molecule has 0 radical (unpaired) electrons. The van der Waals surface area contributed by atoms with Gasteiger partial charge < -0.3 is 30.1 Å². The number of benzene rings is 4. The highest BCUT2D eigenvalue weighted by atomic mass is 16.5. The maximum absolute atomic E-state index is 13.3. The van der Waals surface area contributed by atoms with Crippen molar-refractivity contribution in [3.63, 3.8) is 0 Å². The third-order valence-electron chi connectivity index (χ3n) is 7.45. The number of alkyl carbamates (subject to hydrolysis) is 1. The standard InChI is InChI=1S/C34H31NO8/c36-31(37)19-18-30(32(38)34(40,41)23-14-16-24(17-15-23)42-20-22-8-2-1-3-9-22)35-33(39)43-21-29-27-12-6-4-10-25(27)26-11-5-7-13-28(26)29/h1-17,29-30,40-41H,18-21H2,(H,35,39)(H,36,37)/t30-/m0/s1. The van der Waals surface area contributed by atoms with E-state index < -0.39 is 36.1 Å². The number of hydrogen-bond donors (Lipinski definition) is 4. The van der Waals surface area contributed by atoms with E-state index in [4.69, 9.17) is 9.47 Å². The van der Waals surface area contributed by atoms with Gasteiger partial charge in [-0.05, 0) is 58.5 Å². The molecule has 0 saturated carbocycles. The largest absolute Gasteiger partial charge is 0.489 e. The summed E-state index contributed by atoms with van der Waals surface area (Å²) in [5.41, 5.74) is 4.86. The van der Waals surface area contributed by atoms with Crippen molar-refractivity contribution in [2.75, 3.05) is 6.61 Å². The Morgan fingerprint density at radius 3 is 1.98 bits per heavy atom. The molecule has 4 aromatic rings. The summed E-state index contributed by atoms with van der Waals surface area (Å²) >= 11 is 0. The van der Waals surface area contributed by atoms with E-state index >= 15 is 0 Å². The molecule has 5 rings (SSSR count). The first-order valence-corrected chi connectivity index (χ1v) is 13.8. The molecule has 0 spiro atoms. The van der Waals surface area contributed by atoms with Gasteiger partial charge in [-0.25, -0.2) is 4.79 Å². The summed E-state index contributed by atoms with van der Waals surface area (Å²) in [6.45, 7) is 0.261. The van der Waals surface area contributed by atoms with Gasteiger partial charge in [0.15, 0.2) is 0 Å². The normalized spacial score (nSPS) is 13.0. The monoisotopic (exact) mass is 581 g/mol. The Morgan fingerprint density at radius 2 is 1.37 bits per heavy atom. The zero-order valence-corrected chi connectivity index (χ0v) is 23.2. The predicted octanol–water partition coefficient (Wildman–Crippen LogP) is 4.74. The number of amides is 1. The molecule has 0 aliphatic heterocycles. The van der Waals surface area contributed by atoms with Crippen LogP contribution in [-0.4, -0.2) is 45.8 Å². The topological polar surface area (TPSA) is 142 Å². The van der Waals surface area contributed by atoms with Crippen LogP contribution in [-0.2, 0) is 26.7 Å². The van der Waals surface area contributed by atoms with Crippen molar-refractivity contribution in [1.29, 1.82) is 0 Å². The summed E-state index contributed by atoms with van der Waals surface area (Å²) in [5, 5.41) is 33.2. The van der Waals surface area contributed by atoms with Gasteiger partial charge in [0.25, 0.3) is 5.79 Å². The Bertz CT molecular complexity index is 1550. The van der Waals surface area contributed by atoms with E-state index in [1.807, 2.05) is 78.9 Å². The number of carboxylic acids is 1. The Labute approximate surface area is 248 Å². The van der Waals surface area contributed by atoms with Gasteiger partial charge >= 0.3 is 12.1 Å². The minimum Gasteiger partial charge on any atom is -0.489 e. The van der Waals surface area contributed by atoms with Crippen molar-refractivity contribution < 1.29 is 39.2 Å². The zero-order chi connectivity index (χ0) is 30.4. The fourth-order valence-corrected chi connectivity index (χ4v) is 5.23. The van der Waals surface area contributed by atoms with Crippen molar-refractivity contribution in [2.45, 2.75) is 37.2 Å². The zero-order valence-electron chi connectivity index (χ0n) is 23.2. The minimum atomic E-state index is -3.02. The van der Waals surface area contributed by atoms with Crippen LogP contribution in [0.1, 0.15) is 41.0 Å². The molecule has 1 aliphatic rings. The number of rotatable bonds is 12. The van der Waals surface area contributed by atoms with Crippen LogP contribution in [0.15, 0.2) is 103 Å². The van der Waals surface area contributed by atoms with Crippen molar-refractivity contribution in [3.05, 3.63) is 125 Å². The third-order valence-corrected chi connectivity index (χ3v) is 7.45. The fourth-order valence-electron chi connectivity index (χ4n) is 5.23. The summed E-state index contributed by atoms with van der Waals surface area (Å²) in [6, 6.07) is 29.1. The van der Waals surface area contributed by atoms with Crippen molar-refractivity contribution >= 4 is 17.8 Å². The van der Waals surface area contributed by atoms with Crippen LogP contribution in [0.5, 0.6) is 5.75 Å². The molecule has 9 heteroatoms. The second-order valence-corrected chi connectivity index (χ2v) is 10.3. The van der Waals surface area contributed by atoms with Gasteiger partial charge in [-0.1, -0.05) is 78.9 Å². The smallest absolute Gasteiger partial charge is 0.407 e. The molecule has 1 amide bonds. The van der Waals surface area contributed by atoms with Crippen molar-refractivity contribution in [1.82, 2.24) is 5.32 Å². The molecule has 1 atom stereocenters. The first-order chi connectivity index (χ1) is 20.7. The number of carboxylic acid groups (broad SMARTS) is 1. The molecule has 1 aliphatic carbocycles. The average molecular weight is 582 g/mol. The first kappa shape index (κ1) is 29.5. The maximum Gasteiger partial charge on any atom is 0.407 e. The van der Waals surface area contributed by atoms with E-state index in [0.717, 1.165) is 27.8 Å². The molecule has 220 valence electrons. The van der Waals surface area contributed by atoms with Crippen molar-refractivity contribution in [2.24, 2.45) is 0 Å².